The van der Waals surface area contributed by atoms with Crippen LogP contribution in [0.15, 0.2) is 71.5 Å². The second kappa shape index (κ2) is 11.3. The largest absolute Gasteiger partial charge is 0.493 e. The van der Waals surface area contributed by atoms with Gasteiger partial charge in [-0.2, -0.15) is 0 Å². The molecule has 2 saturated heterocycles. The number of imide groups is 2. The highest BCUT2D eigenvalue weighted by Gasteiger charge is 2.56. The first-order valence-corrected chi connectivity index (χ1v) is 14.6. The van der Waals surface area contributed by atoms with Gasteiger partial charge in [-0.15, -0.1) is 0 Å². The van der Waals surface area contributed by atoms with E-state index in [0.717, 1.165) is 33.0 Å². The number of likely N-dealkylation sites (tertiary alicyclic amines) is 1. The van der Waals surface area contributed by atoms with Crippen molar-refractivity contribution in [2.24, 2.45) is 11.3 Å². The van der Waals surface area contributed by atoms with E-state index in [9.17, 15) is 19.2 Å². The van der Waals surface area contributed by atoms with E-state index in [4.69, 9.17) is 9.47 Å². The SMILES string of the molecule is COc1ccc(CC2(CN3C[C@H]4C[C@H](C3)c3cccc(=O)n3C4)C(=O)N(C)C(=O)N(C)C2=O)cc1OCc1ccccc1. The number of methoxy groups -OCH3 is 1. The molecule has 224 valence electrons. The van der Waals surface area contributed by atoms with Gasteiger partial charge in [0.15, 0.2) is 11.5 Å². The second-order valence-corrected chi connectivity index (χ2v) is 11.9. The molecule has 0 radical (unpaired) electrons. The molecule has 6 rings (SSSR count). The molecule has 0 saturated carbocycles. The van der Waals surface area contributed by atoms with Crippen molar-refractivity contribution >= 4 is 17.8 Å². The van der Waals surface area contributed by atoms with Crippen molar-refractivity contribution in [3.05, 3.63) is 93.9 Å². The topological polar surface area (TPSA) is 101 Å². The second-order valence-electron chi connectivity index (χ2n) is 11.9. The third kappa shape index (κ3) is 5.20. The zero-order chi connectivity index (χ0) is 30.3. The third-order valence-corrected chi connectivity index (χ3v) is 9.02. The lowest BCUT2D eigenvalue weighted by Gasteiger charge is -2.48. The van der Waals surface area contributed by atoms with Crippen molar-refractivity contribution in [3.63, 3.8) is 0 Å². The van der Waals surface area contributed by atoms with E-state index in [1.54, 1.807) is 25.3 Å². The maximum absolute atomic E-state index is 14.0. The van der Waals surface area contributed by atoms with Crippen LogP contribution in [0, 0.1) is 11.3 Å². The number of benzene rings is 2. The molecule has 10 heteroatoms. The summed E-state index contributed by atoms with van der Waals surface area (Å²) in [6.45, 7) is 2.34. The van der Waals surface area contributed by atoms with E-state index < -0.39 is 23.3 Å². The number of fused-ring (bicyclic) bond motifs is 4. The summed E-state index contributed by atoms with van der Waals surface area (Å²) in [5, 5.41) is 0. The molecule has 10 nitrogen and oxygen atoms in total. The molecule has 0 N–H and O–H groups in total. The number of carbonyl (C=O) groups is 3. The Morgan fingerprint density at radius 2 is 1.56 bits per heavy atom. The minimum absolute atomic E-state index is 0.00121. The zero-order valence-electron chi connectivity index (χ0n) is 24.7. The number of amides is 4. The molecule has 0 unspecified atom stereocenters. The summed E-state index contributed by atoms with van der Waals surface area (Å²) < 4.78 is 13.5. The van der Waals surface area contributed by atoms with Crippen LogP contribution in [0.25, 0.3) is 0 Å². The maximum atomic E-state index is 14.0. The number of carbonyl (C=O) groups excluding carboxylic acids is 3. The molecule has 3 aromatic rings. The van der Waals surface area contributed by atoms with Gasteiger partial charge in [-0.1, -0.05) is 42.5 Å². The van der Waals surface area contributed by atoms with Crippen LogP contribution >= 0.6 is 0 Å². The number of hydrogen-bond acceptors (Lipinski definition) is 7. The fraction of sp³-hybridized carbons (Fsp3) is 0.394. The van der Waals surface area contributed by atoms with E-state index in [1.165, 1.54) is 14.1 Å². The van der Waals surface area contributed by atoms with Crippen molar-refractivity contribution in [2.75, 3.05) is 40.8 Å². The summed E-state index contributed by atoms with van der Waals surface area (Å²) in [6.07, 6.45) is 1.04. The van der Waals surface area contributed by atoms with Gasteiger partial charge in [-0.05, 0) is 48.1 Å². The molecule has 2 aromatic carbocycles. The van der Waals surface area contributed by atoms with Crippen molar-refractivity contribution in [1.82, 2.24) is 19.3 Å². The minimum atomic E-state index is -1.52. The molecule has 0 spiro atoms. The highest BCUT2D eigenvalue weighted by atomic mass is 16.5. The summed E-state index contributed by atoms with van der Waals surface area (Å²) >= 11 is 0. The van der Waals surface area contributed by atoms with Gasteiger partial charge in [0.05, 0.1) is 7.11 Å². The highest BCUT2D eigenvalue weighted by Crippen LogP contribution is 2.40. The van der Waals surface area contributed by atoms with E-state index in [-0.39, 0.29) is 30.4 Å². The standard InChI is InChI=1S/C33H36N4O6/c1-34-30(39)33(31(40)35(2)32(34)41,21-36-17-24-14-25(19-36)26-10-7-11-29(38)37(26)18-24)16-23-12-13-27(42-3)28(15-23)43-20-22-8-5-4-6-9-22/h4-13,15,24-25H,14,16-21H2,1-3H3/t24-,25-/m1/s1. The van der Waals surface area contributed by atoms with Crippen LogP contribution in [-0.4, -0.2) is 78.0 Å². The van der Waals surface area contributed by atoms with Gasteiger partial charge in [0, 0.05) is 58.0 Å². The van der Waals surface area contributed by atoms with Gasteiger partial charge in [0.2, 0.25) is 11.8 Å². The van der Waals surface area contributed by atoms with Gasteiger partial charge in [0.1, 0.15) is 12.0 Å². The van der Waals surface area contributed by atoms with Crippen molar-refractivity contribution < 1.29 is 23.9 Å². The number of urea groups is 1. The lowest BCUT2D eigenvalue weighted by molar-refractivity contribution is -0.159. The lowest BCUT2D eigenvalue weighted by Crippen LogP contribution is -2.67. The van der Waals surface area contributed by atoms with E-state index in [2.05, 4.69) is 4.90 Å². The smallest absolute Gasteiger partial charge is 0.332 e. The predicted octanol–water partition coefficient (Wildman–Crippen LogP) is 3.13. The fourth-order valence-electron chi connectivity index (χ4n) is 7.01. The molecule has 2 bridgehead atoms. The monoisotopic (exact) mass is 584 g/mol. The van der Waals surface area contributed by atoms with E-state index in [0.29, 0.717) is 37.7 Å². The third-order valence-electron chi connectivity index (χ3n) is 9.02. The lowest BCUT2D eigenvalue weighted by atomic mass is 9.75. The Bertz CT molecular complexity index is 1600. The summed E-state index contributed by atoms with van der Waals surface area (Å²) in [7, 11) is 4.42. The first-order valence-electron chi connectivity index (χ1n) is 14.6. The Kier molecular flexibility index (Phi) is 7.56. The average Bonchev–Trinajstić information content (AvgIpc) is 3.02. The van der Waals surface area contributed by atoms with Crippen LogP contribution in [0.2, 0.25) is 0 Å². The van der Waals surface area contributed by atoms with E-state index in [1.807, 2.05) is 53.1 Å². The van der Waals surface area contributed by atoms with Gasteiger partial charge in [-0.3, -0.25) is 24.2 Å². The van der Waals surface area contributed by atoms with Crippen LogP contribution in [0.1, 0.15) is 29.2 Å². The minimum Gasteiger partial charge on any atom is -0.493 e. The first-order chi connectivity index (χ1) is 20.7. The number of aromatic nitrogens is 1. The number of rotatable bonds is 8. The normalized spacial score (nSPS) is 21.5. The number of piperidine rings is 1. The molecule has 43 heavy (non-hydrogen) atoms. The number of ether oxygens (including phenoxy) is 2. The zero-order valence-corrected chi connectivity index (χ0v) is 24.7. The Hall–Kier alpha value is -4.44. The van der Waals surface area contributed by atoms with Gasteiger partial charge < -0.3 is 18.9 Å². The number of hydrogen-bond donors (Lipinski definition) is 0. The number of pyridine rings is 1. The van der Waals surface area contributed by atoms with Crippen LogP contribution < -0.4 is 15.0 Å². The molecular weight excluding hydrogens is 548 g/mol. The first kappa shape index (κ1) is 28.7. The van der Waals surface area contributed by atoms with Gasteiger partial charge >= 0.3 is 6.03 Å². The molecule has 3 aliphatic heterocycles. The van der Waals surface area contributed by atoms with Crippen LogP contribution in [0.3, 0.4) is 0 Å². The average molecular weight is 585 g/mol. The molecule has 1 aromatic heterocycles. The quantitative estimate of drug-likeness (QED) is 0.375. The maximum Gasteiger partial charge on any atom is 0.332 e. The van der Waals surface area contributed by atoms with Crippen LogP contribution in [0.5, 0.6) is 11.5 Å². The van der Waals surface area contributed by atoms with Crippen LogP contribution in [-0.2, 0) is 29.2 Å². The summed E-state index contributed by atoms with van der Waals surface area (Å²) in [5.74, 6) is 0.335. The molecule has 3 aliphatic rings. The molecule has 4 amide bonds. The highest BCUT2D eigenvalue weighted by molar-refractivity contribution is 6.19. The van der Waals surface area contributed by atoms with Crippen LogP contribution in [0.4, 0.5) is 4.79 Å². The molecule has 2 atom stereocenters. The Labute approximate surface area is 250 Å². The number of nitrogens with zero attached hydrogens (tertiary/aromatic N) is 4. The summed E-state index contributed by atoms with van der Waals surface area (Å²) in [6, 6.07) is 19.9. The summed E-state index contributed by atoms with van der Waals surface area (Å²) in [5.41, 5.74) is 1.18. The predicted molar refractivity (Wildman–Crippen MR) is 159 cm³/mol. The molecule has 4 heterocycles. The summed E-state index contributed by atoms with van der Waals surface area (Å²) in [4.78, 5) is 57.7. The number of barbiturate groups is 1. The Morgan fingerprint density at radius 3 is 2.28 bits per heavy atom. The van der Waals surface area contributed by atoms with Gasteiger partial charge in [-0.25, -0.2) is 4.79 Å². The van der Waals surface area contributed by atoms with Crippen molar-refractivity contribution in [3.8, 4) is 11.5 Å². The fourth-order valence-corrected chi connectivity index (χ4v) is 7.01. The Balaban J connectivity index is 1.32. The van der Waals surface area contributed by atoms with Crippen molar-refractivity contribution in [2.45, 2.75) is 31.9 Å². The molecule has 0 aliphatic carbocycles. The van der Waals surface area contributed by atoms with E-state index >= 15 is 0 Å². The van der Waals surface area contributed by atoms with Gasteiger partial charge in [0.25, 0.3) is 5.56 Å². The van der Waals surface area contributed by atoms with Crippen molar-refractivity contribution in [1.29, 1.82) is 0 Å². The Morgan fingerprint density at radius 1 is 0.814 bits per heavy atom. The molecular formula is C33H36N4O6. The molecule has 2 fully saturated rings.